The van der Waals surface area contributed by atoms with Crippen LogP contribution in [0.3, 0.4) is 0 Å². The van der Waals surface area contributed by atoms with Crippen LogP contribution >= 0.6 is 0 Å². The number of halogens is 2. The fourth-order valence-corrected chi connectivity index (χ4v) is 5.05. The van der Waals surface area contributed by atoms with Gasteiger partial charge in [0.2, 0.25) is 15.9 Å². The van der Waals surface area contributed by atoms with Crippen molar-refractivity contribution < 1.29 is 31.5 Å². The molecule has 2 heterocycles. The van der Waals surface area contributed by atoms with Crippen molar-refractivity contribution in [1.82, 2.24) is 9.21 Å². The zero-order valence-electron chi connectivity index (χ0n) is 16.3. The van der Waals surface area contributed by atoms with Gasteiger partial charge >= 0.3 is 0 Å². The highest BCUT2D eigenvalue weighted by atomic mass is 32.2. The largest absolute Gasteiger partial charge is 0.482 e. The van der Waals surface area contributed by atoms with Gasteiger partial charge in [0.1, 0.15) is 28.8 Å². The van der Waals surface area contributed by atoms with Gasteiger partial charge in [0.15, 0.2) is 6.61 Å². The molecular weight excluding hydrogens is 432 g/mol. The molecule has 31 heavy (non-hydrogen) atoms. The Morgan fingerprint density at radius 2 is 1.74 bits per heavy atom. The van der Waals surface area contributed by atoms with E-state index in [1.54, 1.807) is 24.3 Å². The lowest BCUT2D eigenvalue weighted by Crippen LogP contribution is -2.53. The predicted molar refractivity (Wildman–Crippen MR) is 106 cm³/mol. The Balaban J connectivity index is 1.43. The molecule has 8 nitrogen and oxygen atoms in total. The van der Waals surface area contributed by atoms with E-state index in [-0.39, 0.29) is 51.1 Å². The van der Waals surface area contributed by atoms with Gasteiger partial charge in [-0.2, -0.15) is 4.31 Å². The number of ether oxygens (including phenoxy) is 1. The van der Waals surface area contributed by atoms with Crippen LogP contribution in [0.5, 0.6) is 5.75 Å². The van der Waals surface area contributed by atoms with Crippen molar-refractivity contribution in [2.45, 2.75) is 4.90 Å². The summed E-state index contributed by atoms with van der Waals surface area (Å²) in [4.78, 5) is 27.1. The van der Waals surface area contributed by atoms with Gasteiger partial charge in [-0.15, -0.1) is 0 Å². The number of carbonyl (C=O) groups excluding carboxylic acids is 2. The van der Waals surface area contributed by atoms with Crippen molar-refractivity contribution in [3.05, 3.63) is 54.1 Å². The van der Waals surface area contributed by atoms with Crippen LogP contribution in [-0.4, -0.2) is 68.8 Å². The molecule has 11 heteroatoms. The molecule has 0 atom stereocenters. The second-order valence-corrected chi connectivity index (χ2v) is 9.00. The zero-order valence-corrected chi connectivity index (χ0v) is 17.1. The van der Waals surface area contributed by atoms with Crippen LogP contribution in [0.1, 0.15) is 0 Å². The number of benzene rings is 2. The number of fused-ring (bicyclic) bond motifs is 1. The quantitative estimate of drug-likeness (QED) is 0.698. The Morgan fingerprint density at radius 3 is 2.48 bits per heavy atom. The molecule has 0 radical (unpaired) electrons. The first-order valence-electron chi connectivity index (χ1n) is 9.52. The molecule has 2 aromatic carbocycles. The van der Waals surface area contributed by atoms with E-state index >= 15 is 0 Å². The molecule has 164 valence electrons. The predicted octanol–water partition coefficient (Wildman–Crippen LogP) is 1.22. The average molecular weight is 451 g/mol. The number of amides is 2. The van der Waals surface area contributed by atoms with Gasteiger partial charge < -0.3 is 9.64 Å². The lowest BCUT2D eigenvalue weighted by atomic mass is 10.2. The average Bonchev–Trinajstić information content (AvgIpc) is 2.77. The maximum atomic E-state index is 14.0. The van der Waals surface area contributed by atoms with Crippen LogP contribution in [-0.2, 0) is 19.6 Å². The lowest BCUT2D eigenvalue weighted by molar-refractivity contribution is -0.133. The SMILES string of the molecule is O=C(CN1C(=O)COc2ccccc21)N1CCN(S(=O)(=O)c2cc(F)ccc2F)CC1. The Hall–Kier alpha value is -3.05. The molecule has 1 fully saturated rings. The highest BCUT2D eigenvalue weighted by molar-refractivity contribution is 7.89. The van der Waals surface area contributed by atoms with Crippen molar-refractivity contribution in [3.63, 3.8) is 0 Å². The second-order valence-electron chi connectivity index (χ2n) is 7.10. The molecule has 0 aliphatic carbocycles. The molecule has 0 saturated carbocycles. The summed E-state index contributed by atoms with van der Waals surface area (Å²) in [7, 11) is -4.24. The van der Waals surface area contributed by atoms with Crippen LogP contribution in [0, 0.1) is 11.6 Å². The highest BCUT2D eigenvalue weighted by Crippen LogP contribution is 2.31. The second kappa shape index (κ2) is 8.23. The molecule has 2 aliphatic rings. The van der Waals surface area contributed by atoms with Gasteiger partial charge in [0, 0.05) is 26.2 Å². The molecule has 1 saturated heterocycles. The fraction of sp³-hybridized carbons (Fsp3) is 0.300. The molecular formula is C20H19F2N3O5S. The van der Waals surface area contributed by atoms with E-state index in [1.807, 2.05) is 0 Å². The van der Waals surface area contributed by atoms with Crippen molar-refractivity contribution in [1.29, 1.82) is 0 Å². The molecule has 4 rings (SSSR count). The number of anilines is 1. The van der Waals surface area contributed by atoms with Gasteiger partial charge in [-0.1, -0.05) is 12.1 Å². The standard InChI is InChI=1S/C20H19F2N3O5S/c21-14-5-6-15(22)18(11-14)31(28,29)24-9-7-23(8-10-24)19(26)12-25-16-3-1-2-4-17(16)30-13-20(25)27/h1-6,11H,7-10,12-13H2. The number of hydrogen-bond acceptors (Lipinski definition) is 5. The molecule has 0 N–H and O–H groups in total. The topological polar surface area (TPSA) is 87.2 Å². The normalized spacial score (nSPS) is 17.3. The molecule has 0 bridgehead atoms. The Bertz CT molecular complexity index is 1130. The van der Waals surface area contributed by atoms with E-state index in [4.69, 9.17) is 4.74 Å². The first-order valence-corrected chi connectivity index (χ1v) is 11.0. The van der Waals surface area contributed by atoms with Crippen LogP contribution in [0.2, 0.25) is 0 Å². The number of rotatable bonds is 4. The summed E-state index contributed by atoms with van der Waals surface area (Å²) >= 11 is 0. The minimum Gasteiger partial charge on any atom is -0.482 e. The first kappa shape index (κ1) is 21.2. The lowest BCUT2D eigenvalue weighted by Gasteiger charge is -2.36. The minimum atomic E-state index is -4.24. The zero-order chi connectivity index (χ0) is 22.2. The molecule has 2 amide bonds. The smallest absolute Gasteiger partial charge is 0.265 e. The van der Waals surface area contributed by atoms with Crippen LogP contribution in [0.15, 0.2) is 47.4 Å². The number of sulfonamides is 1. The van der Waals surface area contributed by atoms with E-state index in [0.717, 1.165) is 16.4 Å². The Labute approximate surface area is 177 Å². The number of hydrogen-bond donors (Lipinski definition) is 0. The van der Waals surface area contributed by atoms with Gasteiger partial charge in [-0.3, -0.25) is 14.5 Å². The van der Waals surface area contributed by atoms with E-state index in [0.29, 0.717) is 17.5 Å². The number of nitrogens with zero attached hydrogens (tertiary/aromatic N) is 3. The molecule has 0 aromatic heterocycles. The van der Waals surface area contributed by atoms with E-state index in [2.05, 4.69) is 0 Å². The van der Waals surface area contributed by atoms with Crippen molar-refractivity contribution in [3.8, 4) is 5.75 Å². The third-order valence-corrected chi connectivity index (χ3v) is 7.12. The van der Waals surface area contributed by atoms with E-state index in [9.17, 15) is 26.8 Å². The molecule has 0 spiro atoms. The summed E-state index contributed by atoms with van der Waals surface area (Å²) in [6.07, 6.45) is 0. The molecule has 0 unspecified atom stereocenters. The van der Waals surface area contributed by atoms with Crippen LogP contribution in [0.25, 0.3) is 0 Å². The number of para-hydroxylation sites is 2. The van der Waals surface area contributed by atoms with Crippen molar-refractivity contribution in [2.75, 3.05) is 44.2 Å². The van der Waals surface area contributed by atoms with Crippen LogP contribution in [0.4, 0.5) is 14.5 Å². The van der Waals surface area contributed by atoms with Crippen molar-refractivity contribution >= 4 is 27.5 Å². The van der Waals surface area contributed by atoms with E-state index in [1.165, 1.54) is 9.80 Å². The number of piperazine rings is 1. The number of carbonyl (C=O) groups is 2. The summed E-state index contributed by atoms with van der Waals surface area (Å²) in [5.41, 5.74) is 0.495. The Morgan fingerprint density at radius 1 is 1.03 bits per heavy atom. The third-order valence-electron chi connectivity index (χ3n) is 5.20. The Kier molecular flexibility index (Phi) is 5.63. The van der Waals surface area contributed by atoms with E-state index < -0.39 is 26.6 Å². The maximum absolute atomic E-state index is 14.0. The van der Waals surface area contributed by atoms with Gasteiger partial charge in [0.25, 0.3) is 5.91 Å². The van der Waals surface area contributed by atoms with Gasteiger partial charge in [-0.05, 0) is 30.3 Å². The van der Waals surface area contributed by atoms with Gasteiger partial charge in [-0.25, -0.2) is 17.2 Å². The third kappa shape index (κ3) is 4.10. The van der Waals surface area contributed by atoms with Crippen LogP contribution < -0.4 is 9.64 Å². The molecule has 2 aromatic rings. The summed E-state index contributed by atoms with van der Waals surface area (Å²) in [5.74, 6) is -2.09. The minimum absolute atomic E-state index is 0.0647. The maximum Gasteiger partial charge on any atom is 0.265 e. The first-order chi connectivity index (χ1) is 14.8. The summed E-state index contributed by atoms with van der Waals surface area (Å²) < 4.78 is 59.1. The highest BCUT2D eigenvalue weighted by Gasteiger charge is 2.34. The monoisotopic (exact) mass is 451 g/mol. The summed E-state index contributed by atoms with van der Waals surface area (Å²) in [6, 6.07) is 9.12. The van der Waals surface area contributed by atoms with Crippen molar-refractivity contribution in [2.24, 2.45) is 0 Å². The van der Waals surface area contributed by atoms with Gasteiger partial charge in [0.05, 0.1) is 5.69 Å². The summed E-state index contributed by atoms with van der Waals surface area (Å²) in [6.45, 7) is -0.389. The summed E-state index contributed by atoms with van der Waals surface area (Å²) in [5, 5.41) is 0. The fourth-order valence-electron chi connectivity index (χ4n) is 3.55. The molecule has 2 aliphatic heterocycles.